The Morgan fingerprint density at radius 1 is 1.19 bits per heavy atom. The molecule has 0 radical (unpaired) electrons. The number of halogens is 2. The highest BCUT2D eigenvalue weighted by atomic mass is 35.5. The summed E-state index contributed by atoms with van der Waals surface area (Å²) in [6.07, 6.45) is 2.07. The Morgan fingerprint density at radius 2 is 1.76 bits per heavy atom. The van der Waals surface area contributed by atoms with E-state index in [0.717, 1.165) is 11.6 Å². The highest BCUT2D eigenvalue weighted by Crippen LogP contribution is 2.36. The fourth-order valence-electron chi connectivity index (χ4n) is 2.55. The molecule has 1 aromatic rings. The number of benzene rings is 1. The van der Waals surface area contributed by atoms with Crippen LogP contribution in [0.15, 0.2) is 18.2 Å². The van der Waals surface area contributed by atoms with Gasteiger partial charge >= 0.3 is 0 Å². The minimum absolute atomic E-state index is 0.0778. The summed E-state index contributed by atoms with van der Waals surface area (Å²) in [5.41, 5.74) is 0.816. The third kappa shape index (κ3) is 5.57. The first-order chi connectivity index (χ1) is 9.82. The number of hydrogen-bond acceptors (Lipinski definition) is 2. The van der Waals surface area contributed by atoms with Crippen LogP contribution in [0.1, 0.15) is 38.4 Å². The third-order valence-corrected chi connectivity index (χ3v) is 6.83. The van der Waals surface area contributed by atoms with Gasteiger partial charge in [0, 0.05) is 22.7 Å². The molecule has 0 heterocycles. The first-order valence-electron chi connectivity index (χ1n) is 7.47. The summed E-state index contributed by atoms with van der Waals surface area (Å²) in [4.78, 5) is 0. The van der Waals surface area contributed by atoms with Gasteiger partial charge in [0.15, 0.2) is 8.32 Å². The van der Waals surface area contributed by atoms with E-state index in [-0.39, 0.29) is 12.2 Å². The van der Waals surface area contributed by atoms with Gasteiger partial charge in [0.2, 0.25) is 0 Å². The second-order valence-corrected chi connectivity index (χ2v) is 11.0. The minimum atomic E-state index is -1.70. The van der Waals surface area contributed by atoms with E-state index in [0.29, 0.717) is 10.0 Å². The van der Waals surface area contributed by atoms with E-state index in [4.69, 9.17) is 32.4 Å². The van der Waals surface area contributed by atoms with E-state index in [1.807, 2.05) is 25.1 Å². The van der Waals surface area contributed by atoms with Crippen LogP contribution < -0.4 is 0 Å². The highest BCUT2D eigenvalue weighted by molar-refractivity contribution is 6.71. The molecule has 0 aliphatic carbocycles. The lowest BCUT2D eigenvalue weighted by Gasteiger charge is -2.32. The van der Waals surface area contributed by atoms with Crippen LogP contribution in [0.2, 0.25) is 29.2 Å². The van der Waals surface area contributed by atoms with Crippen molar-refractivity contribution in [2.75, 3.05) is 7.11 Å². The number of methoxy groups -OCH3 is 1. The van der Waals surface area contributed by atoms with E-state index in [1.165, 1.54) is 12.8 Å². The Labute approximate surface area is 139 Å². The van der Waals surface area contributed by atoms with Gasteiger partial charge < -0.3 is 9.16 Å². The van der Waals surface area contributed by atoms with Crippen molar-refractivity contribution < 1.29 is 9.16 Å². The van der Waals surface area contributed by atoms with Crippen LogP contribution in [0.5, 0.6) is 0 Å². The van der Waals surface area contributed by atoms with E-state index >= 15 is 0 Å². The summed E-state index contributed by atoms with van der Waals surface area (Å²) < 4.78 is 12.0. The van der Waals surface area contributed by atoms with Gasteiger partial charge in [-0.25, -0.2) is 0 Å². The molecule has 0 fully saturated rings. The summed E-state index contributed by atoms with van der Waals surface area (Å²) >= 11 is 12.6. The van der Waals surface area contributed by atoms with Crippen LogP contribution in [-0.2, 0) is 9.16 Å². The maximum atomic E-state index is 6.35. The van der Waals surface area contributed by atoms with Crippen LogP contribution in [-0.4, -0.2) is 21.5 Å². The van der Waals surface area contributed by atoms with Crippen molar-refractivity contribution in [1.29, 1.82) is 0 Å². The van der Waals surface area contributed by atoms with Gasteiger partial charge in [-0.3, -0.25) is 0 Å². The average Bonchev–Trinajstić information content (AvgIpc) is 2.40. The Hall–Kier alpha value is -0.0631. The summed E-state index contributed by atoms with van der Waals surface area (Å²) in [5.74, 6) is 0. The highest BCUT2D eigenvalue weighted by Gasteiger charge is 2.31. The lowest BCUT2D eigenvalue weighted by atomic mass is 10.1. The first kappa shape index (κ1) is 19.0. The van der Waals surface area contributed by atoms with E-state index in [2.05, 4.69) is 20.0 Å². The summed E-state index contributed by atoms with van der Waals surface area (Å²) in [6.45, 7) is 8.74. The first-order valence-corrected chi connectivity index (χ1v) is 11.3. The second kappa shape index (κ2) is 8.54. The van der Waals surface area contributed by atoms with Crippen LogP contribution in [0, 0.1) is 0 Å². The zero-order valence-electron chi connectivity index (χ0n) is 13.6. The maximum absolute atomic E-state index is 6.35. The lowest BCUT2D eigenvalue weighted by Crippen LogP contribution is -2.37. The van der Waals surface area contributed by atoms with Gasteiger partial charge in [-0.05, 0) is 38.2 Å². The Morgan fingerprint density at radius 3 is 2.24 bits per heavy atom. The predicted molar refractivity (Wildman–Crippen MR) is 94.0 cm³/mol. The molecule has 1 aromatic carbocycles. The van der Waals surface area contributed by atoms with E-state index < -0.39 is 8.32 Å². The lowest BCUT2D eigenvalue weighted by molar-refractivity contribution is 0.00516. The third-order valence-electron chi connectivity index (χ3n) is 3.60. The molecule has 0 saturated heterocycles. The summed E-state index contributed by atoms with van der Waals surface area (Å²) in [7, 11) is -0.0288. The van der Waals surface area contributed by atoms with Crippen LogP contribution in [0.25, 0.3) is 0 Å². The fraction of sp³-hybridized carbons (Fsp3) is 0.625. The van der Waals surface area contributed by atoms with Crippen molar-refractivity contribution >= 4 is 31.5 Å². The minimum Gasteiger partial charge on any atom is -0.412 e. The molecular weight excluding hydrogens is 323 g/mol. The predicted octanol–water partition coefficient (Wildman–Crippen LogP) is 6.09. The molecule has 0 bridgehead atoms. The van der Waals surface area contributed by atoms with Crippen molar-refractivity contribution in [3.8, 4) is 0 Å². The van der Waals surface area contributed by atoms with E-state index in [9.17, 15) is 0 Å². The number of ether oxygens (including phenoxy) is 1. The molecular formula is C16H26Cl2O2Si. The van der Waals surface area contributed by atoms with Crippen molar-refractivity contribution in [2.45, 2.75) is 58.0 Å². The van der Waals surface area contributed by atoms with Gasteiger partial charge in [0.25, 0.3) is 0 Å². The van der Waals surface area contributed by atoms with Gasteiger partial charge in [-0.15, -0.1) is 0 Å². The molecule has 0 aliphatic heterocycles. The van der Waals surface area contributed by atoms with Crippen molar-refractivity contribution in [3.05, 3.63) is 33.8 Å². The molecule has 1 rings (SSSR count). The number of hydrogen-bond donors (Lipinski definition) is 0. The Kier molecular flexibility index (Phi) is 7.72. The zero-order chi connectivity index (χ0) is 16.0. The van der Waals surface area contributed by atoms with Crippen LogP contribution in [0.3, 0.4) is 0 Å². The molecule has 0 saturated carbocycles. The van der Waals surface area contributed by atoms with Gasteiger partial charge in [-0.2, -0.15) is 0 Å². The second-order valence-electron chi connectivity index (χ2n) is 5.98. The van der Waals surface area contributed by atoms with Gasteiger partial charge in [0.05, 0.1) is 6.10 Å². The summed E-state index contributed by atoms with van der Waals surface area (Å²) in [6, 6.07) is 6.66. The molecule has 0 aliphatic rings. The van der Waals surface area contributed by atoms with Crippen molar-refractivity contribution in [3.63, 3.8) is 0 Å². The molecule has 0 spiro atoms. The zero-order valence-corrected chi connectivity index (χ0v) is 16.1. The molecule has 5 heteroatoms. The quantitative estimate of drug-likeness (QED) is 0.529. The molecule has 2 nitrogen and oxygen atoms in total. The largest absolute Gasteiger partial charge is 0.412 e. The van der Waals surface area contributed by atoms with Crippen molar-refractivity contribution in [1.82, 2.24) is 0 Å². The molecule has 0 N–H and O–H groups in total. The summed E-state index contributed by atoms with van der Waals surface area (Å²) in [5, 5.41) is 1.25. The molecule has 0 amide bonds. The molecule has 21 heavy (non-hydrogen) atoms. The number of rotatable bonds is 8. The smallest absolute Gasteiger partial charge is 0.187 e. The molecule has 0 unspecified atom stereocenters. The standard InChI is InChI=1S/C16H26Cl2O2Si/c1-6-7-11-21(4,5)20-12(2)16(19-3)15-13(17)9-8-10-14(15)18/h8-10,12,16H,6-7,11H2,1-5H3/t12-,16+/m1/s1. The molecule has 2 atom stereocenters. The molecule has 0 aromatic heterocycles. The van der Waals surface area contributed by atoms with Gasteiger partial charge in [0.1, 0.15) is 6.10 Å². The normalized spacial score (nSPS) is 15.0. The Bertz CT molecular complexity index is 432. The Balaban J connectivity index is 2.89. The van der Waals surface area contributed by atoms with E-state index in [1.54, 1.807) is 7.11 Å². The SMILES string of the molecule is CCCC[Si](C)(C)O[C@H](C)[C@H](OC)c1c(Cl)cccc1Cl. The fourth-order valence-corrected chi connectivity index (χ4v) is 5.62. The number of unbranched alkanes of at least 4 members (excludes halogenated alkanes) is 1. The van der Waals surface area contributed by atoms with Gasteiger partial charge in [-0.1, -0.05) is 49.0 Å². The van der Waals surface area contributed by atoms with Crippen molar-refractivity contribution in [2.24, 2.45) is 0 Å². The average molecular weight is 349 g/mol. The van der Waals surface area contributed by atoms with Crippen LogP contribution >= 0.6 is 23.2 Å². The van der Waals surface area contributed by atoms with Crippen LogP contribution in [0.4, 0.5) is 0 Å². The monoisotopic (exact) mass is 348 g/mol. The maximum Gasteiger partial charge on any atom is 0.187 e. The topological polar surface area (TPSA) is 18.5 Å². The molecule has 120 valence electrons.